The van der Waals surface area contributed by atoms with Gasteiger partial charge in [0.15, 0.2) is 0 Å². The largest absolute Gasteiger partial charge is 0.342 e. The number of pyridine rings is 1. The molecule has 0 spiro atoms. The number of rotatable bonds is 5. The van der Waals surface area contributed by atoms with E-state index in [2.05, 4.69) is 28.5 Å². The van der Waals surface area contributed by atoms with Gasteiger partial charge in [-0.05, 0) is 51.0 Å². The van der Waals surface area contributed by atoms with E-state index in [9.17, 15) is 4.79 Å². The number of amides is 1. The van der Waals surface area contributed by atoms with Crippen molar-refractivity contribution in [3.63, 3.8) is 0 Å². The summed E-state index contributed by atoms with van der Waals surface area (Å²) in [4.78, 5) is 26.8. The van der Waals surface area contributed by atoms with Gasteiger partial charge in [-0.3, -0.25) is 14.2 Å². The number of carbonyl (C=O) groups is 1. The van der Waals surface area contributed by atoms with Gasteiger partial charge in [-0.15, -0.1) is 11.3 Å². The molecule has 32 heavy (non-hydrogen) atoms. The zero-order valence-corrected chi connectivity index (χ0v) is 19.2. The van der Waals surface area contributed by atoms with Crippen molar-refractivity contribution >= 4 is 33.7 Å². The number of thiazole rings is 1. The fraction of sp³-hybridized carbons (Fsp3) is 0.320. The minimum Gasteiger partial charge on any atom is -0.342 e. The number of aromatic nitrogens is 3. The van der Waals surface area contributed by atoms with Crippen LogP contribution in [0.25, 0.3) is 4.83 Å². The maximum Gasteiger partial charge on any atom is 0.228 e. The third-order valence-electron chi connectivity index (χ3n) is 6.20. The number of fused-ring (bicyclic) bond motifs is 1. The van der Waals surface area contributed by atoms with Crippen LogP contribution in [0, 0.1) is 13.8 Å². The molecule has 164 valence electrons. The lowest BCUT2D eigenvalue weighted by Gasteiger charge is -2.32. The highest BCUT2D eigenvalue weighted by Gasteiger charge is 2.30. The molecule has 1 N–H and O–H groups in total. The third-order valence-corrected chi connectivity index (χ3v) is 7.39. The molecule has 5 rings (SSSR count). The predicted molar refractivity (Wildman–Crippen MR) is 129 cm³/mol. The lowest BCUT2D eigenvalue weighted by Crippen LogP contribution is -2.40. The summed E-state index contributed by atoms with van der Waals surface area (Å²) in [6.07, 6.45) is 4.12. The monoisotopic (exact) mass is 445 g/mol. The highest BCUT2D eigenvalue weighted by Crippen LogP contribution is 2.37. The van der Waals surface area contributed by atoms with E-state index in [0.717, 1.165) is 42.4 Å². The number of anilines is 2. The number of hydrogen-bond acceptors (Lipinski definition) is 5. The molecule has 1 aliphatic rings. The number of carbonyl (C=O) groups excluding carboxylic acids is 1. The Hall–Kier alpha value is -3.19. The van der Waals surface area contributed by atoms with E-state index in [1.165, 1.54) is 15.4 Å². The Balaban J connectivity index is 1.42. The van der Waals surface area contributed by atoms with Gasteiger partial charge in [-0.2, -0.15) is 0 Å². The second kappa shape index (κ2) is 8.74. The van der Waals surface area contributed by atoms with Crippen molar-refractivity contribution in [2.45, 2.75) is 39.0 Å². The molecule has 6 nitrogen and oxygen atoms in total. The van der Waals surface area contributed by atoms with Crippen LogP contribution in [0.15, 0.2) is 54.7 Å². The van der Waals surface area contributed by atoms with Gasteiger partial charge in [-0.1, -0.05) is 24.3 Å². The number of likely N-dealkylation sites (tertiary alicyclic amines) is 1. The van der Waals surface area contributed by atoms with E-state index < -0.39 is 0 Å². The summed E-state index contributed by atoms with van der Waals surface area (Å²) < 4.78 is 2.23. The van der Waals surface area contributed by atoms with E-state index in [-0.39, 0.29) is 11.8 Å². The molecule has 0 radical (unpaired) electrons. The van der Waals surface area contributed by atoms with Crippen LogP contribution in [0.2, 0.25) is 0 Å². The van der Waals surface area contributed by atoms with E-state index in [1.54, 1.807) is 17.5 Å². The topological polar surface area (TPSA) is 62.5 Å². The Morgan fingerprint density at radius 1 is 1.16 bits per heavy atom. The number of nitrogens with zero attached hydrogens (tertiary/aromatic N) is 4. The Morgan fingerprint density at radius 3 is 2.75 bits per heavy atom. The van der Waals surface area contributed by atoms with E-state index >= 15 is 0 Å². The lowest BCUT2D eigenvalue weighted by atomic mass is 9.95. The van der Waals surface area contributed by atoms with Crippen molar-refractivity contribution in [3.8, 4) is 0 Å². The van der Waals surface area contributed by atoms with Crippen LogP contribution < -0.4 is 5.32 Å². The molecule has 1 fully saturated rings. The molecule has 1 saturated heterocycles. The van der Waals surface area contributed by atoms with E-state index in [4.69, 9.17) is 4.98 Å². The first-order valence-electron chi connectivity index (χ1n) is 11.1. The summed E-state index contributed by atoms with van der Waals surface area (Å²) in [7, 11) is 0. The van der Waals surface area contributed by atoms with Crippen LogP contribution in [0.3, 0.4) is 0 Å². The van der Waals surface area contributed by atoms with Crippen LogP contribution in [0.1, 0.15) is 40.7 Å². The molecule has 1 amide bonds. The molecule has 3 aromatic heterocycles. The van der Waals surface area contributed by atoms with E-state index in [1.807, 2.05) is 53.4 Å². The molecular formula is C25H27N5OS. The first-order valence-corrected chi connectivity index (χ1v) is 11.9. The normalized spacial score (nSPS) is 16.4. The summed E-state index contributed by atoms with van der Waals surface area (Å²) in [5, 5.41) is 3.50. The van der Waals surface area contributed by atoms with Crippen molar-refractivity contribution < 1.29 is 4.79 Å². The molecule has 4 heterocycles. The highest BCUT2D eigenvalue weighted by atomic mass is 32.1. The summed E-state index contributed by atoms with van der Waals surface area (Å²) >= 11 is 1.79. The summed E-state index contributed by atoms with van der Waals surface area (Å²) in [5.74, 6) is 1.22. The molecule has 0 aliphatic carbocycles. The minimum atomic E-state index is 0.144. The standard InChI is InChI=1S/C25H27N5OS/c1-17-18(2)32-24-23(28-25(30(17)24)27-20-10-4-3-5-11-20)19-9-8-14-29(16-19)22(31)15-21-12-6-7-13-26-21/h3-7,10-13,19H,8-9,14-16H2,1-2H3,(H,27,28)/t19-/m0/s1. The average molecular weight is 446 g/mol. The first-order chi connectivity index (χ1) is 15.6. The zero-order chi connectivity index (χ0) is 22.1. The number of aryl methyl sites for hydroxylation is 2. The summed E-state index contributed by atoms with van der Waals surface area (Å²) in [6.45, 7) is 5.81. The summed E-state index contributed by atoms with van der Waals surface area (Å²) in [5.41, 5.74) is 4.15. The third kappa shape index (κ3) is 4.00. The smallest absolute Gasteiger partial charge is 0.228 e. The van der Waals surface area contributed by atoms with Crippen molar-refractivity contribution in [3.05, 3.63) is 76.7 Å². The molecule has 7 heteroatoms. The fourth-order valence-electron chi connectivity index (χ4n) is 4.40. The van der Waals surface area contributed by atoms with Crippen LogP contribution in [0.5, 0.6) is 0 Å². The molecule has 0 unspecified atom stereocenters. The van der Waals surface area contributed by atoms with Gasteiger partial charge in [0.05, 0.1) is 12.1 Å². The first kappa shape index (κ1) is 20.7. The van der Waals surface area contributed by atoms with Crippen LogP contribution in [-0.2, 0) is 11.2 Å². The van der Waals surface area contributed by atoms with Gasteiger partial charge in [-0.25, -0.2) is 4.98 Å². The average Bonchev–Trinajstić information content (AvgIpc) is 3.32. The SMILES string of the molecule is Cc1sc2c([C@H]3CCCN(C(=O)Cc4ccccn4)C3)nc(Nc3ccccc3)n2c1C. The maximum absolute atomic E-state index is 13.0. The van der Waals surface area contributed by atoms with Gasteiger partial charge < -0.3 is 10.2 Å². The number of piperidine rings is 1. The van der Waals surface area contributed by atoms with E-state index in [0.29, 0.717) is 13.0 Å². The summed E-state index contributed by atoms with van der Waals surface area (Å²) in [6, 6.07) is 15.9. The second-order valence-electron chi connectivity index (χ2n) is 8.37. The second-order valence-corrected chi connectivity index (χ2v) is 9.58. The number of hydrogen-bond donors (Lipinski definition) is 1. The maximum atomic E-state index is 13.0. The zero-order valence-electron chi connectivity index (χ0n) is 18.4. The van der Waals surface area contributed by atoms with Crippen molar-refractivity contribution in [1.29, 1.82) is 0 Å². The number of imidazole rings is 1. The molecule has 4 aromatic rings. The molecule has 0 saturated carbocycles. The van der Waals surface area contributed by atoms with Crippen LogP contribution in [-0.4, -0.2) is 38.3 Å². The van der Waals surface area contributed by atoms with Crippen LogP contribution in [0.4, 0.5) is 11.6 Å². The number of para-hydroxylation sites is 1. The Bertz CT molecular complexity index is 1230. The molecular weight excluding hydrogens is 418 g/mol. The Labute approximate surface area is 191 Å². The Kier molecular flexibility index (Phi) is 5.66. The van der Waals surface area contributed by atoms with Crippen molar-refractivity contribution in [1.82, 2.24) is 19.3 Å². The van der Waals surface area contributed by atoms with Crippen molar-refractivity contribution in [2.24, 2.45) is 0 Å². The molecule has 1 atom stereocenters. The number of benzene rings is 1. The Morgan fingerprint density at radius 2 is 1.97 bits per heavy atom. The van der Waals surface area contributed by atoms with Gasteiger partial charge >= 0.3 is 0 Å². The molecule has 1 aliphatic heterocycles. The predicted octanol–water partition coefficient (Wildman–Crippen LogP) is 5.10. The fourth-order valence-corrected chi connectivity index (χ4v) is 5.57. The molecule has 0 bridgehead atoms. The number of nitrogens with one attached hydrogen (secondary N) is 1. The minimum absolute atomic E-state index is 0.144. The van der Waals surface area contributed by atoms with Gasteiger partial charge in [0.2, 0.25) is 11.9 Å². The van der Waals surface area contributed by atoms with Crippen LogP contribution >= 0.6 is 11.3 Å². The highest BCUT2D eigenvalue weighted by molar-refractivity contribution is 7.17. The molecule has 1 aromatic carbocycles. The lowest BCUT2D eigenvalue weighted by molar-refractivity contribution is -0.131. The van der Waals surface area contributed by atoms with Crippen molar-refractivity contribution in [2.75, 3.05) is 18.4 Å². The quantitative estimate of drug-likeness (QED) is 0.464. The van der Waals surface area contributed by atoms with Gasteiger partial charge in [0, 0.05) is 47.2 Å². The van der Waals surface area contributed by atoms with Gasteiger partial charge in [0.25, 0.3) is 0 Å². The van der Waals surface area contributed by atoms with Gasteiger partial charge in [0.1, 0.15) is 4.83 Å².